The van der Waals surface area contributed by atoms with E-state index in [1.54, 1.807) is 10.5 Å². The van der Waals surface area contributed by atoms with Gasteiger partial charge in [-0.25, -0.2) is 4.98 Å². The molecule has 0 amide bonds. The Morgan fingerprint density at radius 3 is 2.75 bits per heavy atom. The first-order chi connectivity index (χ1) is 13.8. The highest BCUT2D eigenvalue weighted by atomic mass is 32.2. The number of benzene rings is 2. The predicted molar refractivity (Wildman–Crippen MR) is 110 cm³/mol. The van der Waals surface area contributed by atoms with Gasteiger partial charge in [0, 0.05) is 11.8 Å². The predicted octanol–water partition coefficient (Wildman–Crippen LogP) is 4.18. The molecule has 0 fully saturated rings. The molecule has 2 aromatic carbocycles. The van der Waals surface area contributed by atoms with Gasteiger partial charge in [0.25, 0.3) is 10.8 Å². The second-order valence-electron chi connectivity index (χ2n) is 6.19. The highest BCUT2D eigenvalue weighted by Gasteiger charge is 2.12. The van der Waals surface area contributed by atoms with Gasteiger partial charge >= 0.3 is 0 Å². The van der Waals surface area contributed by atoms with E-state index in [0.29, 0.717) is 33.9 Å². The molecule has 0 bridgehead atoms. The summed E-state index contributed by atoms with van der Waals surface area (Å²) in [6.07, 6.45) is 0.599. The lowest BCUT2D eigenvalue weighted by Gasteiger charge is -1.99. The van der Waals surface area contributed by atoms with Gasteiger partial charge in [0.2, 0.25) is 5.89 Å². The molecular weight excluding hydrogens is 392 g/mol. The monoisotopic (exact) mass is 406 g/mol. The van der Waals surface area contributed by atoms with Crippen LogP contribution in [0.2, 0.25) is 0 Å². The molecule has 5 aromatic rings. The first-order valence-corrected chi connectivity index (χ1v) is 10.5. The van der Waals surface area contributed by atoms with Crippen molar-refractivity contribution in [1.29, 1.82) is 0 Å². The van der Waals surface area contributed by atoms with Gasteiger partial charge in [0.15, 0.2) is 4.96 Å². The molecule has 3 heterocycles. The zero-order chi connectivity index (χ0) is 18.9. The number of hydrogen-bond donors (Lipinski definition) is 0. The van der Waals surface area contributed by atoms with Crippen LogP contribution in [0.4, 0.5) is 0 Å². The zero-order valence-corrected chi connectivity index (χ0v) is 16.2. The number of hydrogen-bond acceptors (Lipinski definition) is 7. The Balaban J connectivity index is 1.35. The van der Waals surface area contributed by atoms with Gasteiger partial charge in [-0.3, -0.25) is 9.20 Å². The lowest BCUT2D eigenvalue weighted by atomic mass is 10.2. The Morgan fingerprint density at radius 1 is 1.04 bits per heavy atom. The highest BCUT2D eigenvalue weighted by Crippen LogP contribution is 2.25. The van der Waals surface area contributed by atoms with Crippen molar-refractivity contribution in [3.8, 4) is 0 Å². The summed E-state index contributed by atoms with van der Waals surface area (Å²) in [7, 11) is 0. The maximum Gasteiger partial charge on any atom is 0.276 e. The van der Waals surface area contributed by atoms with Gasteiger partial charge < -0.3 is 4.42 Å². The van der Waals surface area contributed by atoms with E-state index >= 15 is 0 Å². The van der Waals surface area contributed by atoms with Crippen molar-refractivity contribution in [2.45, 2.75) is 17.4 Å². The van der Waals surface area contributed by atoms with Gasteiger partial charge in [0.05, 0.1) is 22.3 Å². The summed E-state index contributed by atoms with van der Waals surface area (Å²) in [4.78, 5) is 17.9. The number of thioether (sulfide) groups is 1. The van der Waals surface area contributed by atoms with E-state index in [9.17, 15) is 4.79 Å². The lowest BCUT2D eigenvalue weighted by molar-refractivity contribution is 0.420. The van der Waals surface area contributed by atoms with Crippen LogP contribution >= 0.6 is 23.1 Å². The molecule has 6 nitrogen and oxygen atoms in total. The van der Waals surface area contributed by atoms with Crippen molar-refractivity contribution in [3.05, 3.63) is 88.2 Å². The molecule has 5 rings (SSSR count). The second kappa shape index (κ2) is 7.21. The number of para-hydroxylation sites is 1. The Hall–Kier alpha value is -2.97. The summed E-state index contributed by atoms with van der Waals surface area (Å²) < 4.78 is 8.40. The summed E-state index contributed by atoms with van der Waals surface area (Å²) >= 11 is 2.89. The quantitative estimate of drug-likeness (QED) is 0.408. The fourth-order valence-electron chi connectivity index (χ4n) is 2.97. The molecule has 8 heteroatoms. The van der Waals surface area contributed by atoms with Crippen LogP contribution in [-0.2, 0) is 12.2 Å². The van der Waals surface area contributed by atoms with Crippen LogP contribution < -0.4 is 5.56 Å². The average molecular weight is 406 g/mol. The van der Waals surface area contributed by atoms with Crippen LogP contribution in [0.5, 0.6) is 0 Å². The Bertz CT molecular complexity index is 1320. The summed E-state index contributed by atoms with van der Waals surface area (Å²) in [5, 5.41) is 8.66. The number of rotatable bonds is 5. The van der Waals surface area contributed by atoms with Crippen LogP contribution in [0.3, 0.4) is 0 Å². The van der Waals surface area contributed by atoms with E-state index in [4.69, 9.17) is 4.42 Å². The molecule has 0 aliphatic carbocycles. The smallest absolute Gasteiger partial charge is 0.276 e. The van der Waals surface area contributed by atoms with Crippen LogP contribution in [0, 0.1) is 0 Å². The Labute approximate surface area is 167 Å². The SMILES string of the molecule is O=c1cc(CSc2nnc(Cc3ccccc3)o2)nc2sc3ccccc3n12. The third-order valence-corrected chi connectivity index (χ3v) is 6.11. The van der Waals surface area contributed by atoms with Crippen molar-refractivity contribution in [1.82, 2.24) is 19.6 Å². The van der Waals surface area contributed by atoms with Crippen molar-refractivity contribution < 1.29 is 4.42 Å². The summed E-state index contributed by atoms with van der Waals surface area (Å²) in [5.74, 6) is 1.06. The topological polar surface area (TPSA) is 73.3 Å². The van der Waals surface area contributed by atoms with E-state index in [-0.39, 0.29) is 5.56 Å². The standard InChI is InChI=1S/C20H14N4O2S2/c25-18-11-14(21-19-24(18)15-8-4-5-9-16(15)28-19)12-27-20-23-22-17(26-20)10-13-6-2-1-3-7-13/h1-9,11H,10,12H2. The maximum absolute atomic E-state index is 12.6. The third-order valence-electron chi connectivity index (χ3n) is 4.24. The van der Waals surface area contributed by atoms with E-state index in [1.165, 1.54) is 23.1 Å². The van der Waals surface area contributed by atoms with Crippen molar-refractivity contribution in [2.24, 2.45) is 0 Å². The van der Waals surface area contributed by atoms with Crippen LogP contribution in [0.25, 0.3) is 15.2 Å². The minimum absolute atomic E-state index is 0.0756. The van der Waals surface area contributed by atoms with E-state index in [1.807, 2.05) is 54.6 Å². The molecule has 0 unspecified atom stereocenters. The molecule has 3 aromatic heterocycles. The summed E-state index contributed by atoms with van der Waals surface area (Å²) in [6, 6.07) is 19.4. The van der Waals surface area contributed by atoms with Gasteiger partial charge in [-0.05, 0) is 17.7 Å². The molecule has 138 valence electrons. The van der Waals surface area contributed by atoms with Gasteiger partial charge in [0.1, 0.15) is 0 Å². The maximum atomic E-state index is 12.6. The minimum atomic E-state index is -0.0756. The fraction of sp³-hybridized carbons (Fsp3) is 0.100. The van der Waals surface area contributed by atoms with Crippen molar-refractivity contribution in [2.75, 3.05) is 0 Å². The lowest BCUT2D eigenvalue weighted by Crippen LogP contribution is -2.13. The minimum Gasteiger partial charge on any atom is -0.416 e. The van der Waals surface area contributed by atoms with Gasteiger partial charge in [-0.2, -0.15) is 0 Å². The fourth-order valence-corrected chi connectivity index (χ4v) is 4.69. The number of nitrogens with zero attached hydrogens (tertiary/aromatic N) is 4. The molecule has 28 heavy (non-hydrogen) atoms. The third kappa shape index (κ3) is 3.32. The molecule has 0 atom stereocenters. The molecule has 0 spiro atoms. The number of aromatic nitrogens is 4. The molecule has 0 N–H and O–H groups in total. The molecule has 0 radical (unpaired) electrons. The summed E-state index contributed by atoms with van der Waals surface area (Å²) in [5.41, 5.74) is 2.63. The van der Waals surface area contributed by atoms with Crippen molar-refractivity contribution >= 4 is 38.3 Å². The molecular formula is C20H14N4O2S2. The Morgan fingerprint density at radius 2 is 1.86 bits per heavy atom. The zero-order valence-electron chi connectivity index (χ0n) is 14.6. The largest absolute Gasteiger partial charge is 0.416 e. The summed E-state index contributed by atoms with van der Waals surface area (Å²) in [6.45, 7) is 0. The molecule has 0 saturated heterocycles. The van der Waals surface area contributed by atoms with Crippen LogP contribution in [0.15, 0.2) is 75.1 Å². The first kappa shape index (κ1) is 17.2. The molecule has 0 saturated carbocycles. The molecule has 0 aliphatic heterocycles. The van der Waals surface area contributed by atoms with Crippen LogP contribution in [0.1, 0.15) is 17.1 Å². The molecule has 0 aliphatic rings. The van der Waals surface area contributed by atoms with Gasteiger partial charge in [-0.1, -0.05) is 65.6 Å². The first-order valence-electron chi connectivity index (χ1n) is 8.65. The second-order valence-corrected chi connectivity index (χ2v) is 8.12. The number of thiazole rings is 1. The normalized spacial score (nSPS) is 11.4. The van der Waals surface area contributed by atoms with Gasteiger partial charge in [-0.15, -0.1) is 10.2 Å². The highest BCUT2D eigenvalue weighted by molar-refractivity contribution is 7.98. The van der Waals surface area contributed by atoms with E-state index in [2.05, 4.69) is 15.2 Å². The van der Waals surface area contributed by atoms with E-state index in [0.717, 1.165) is 15.8 Å². The van der Waals surface area contributed by atoms with Crippen LogP contribution in [-0.4, -0.2) is 19.6 Å². The van der Waals surface area contributed by atoms with E-state index < -0.39 is 0 Å². The average Bonchev–Trinajstić information content (AvgIpc) is 3.31. The number of fused-ring (bicyclic) bond motifs is 3. The van der Waals surface area contributed by atoms with Crippen molar-refractivity contribution in [3.63, 3.8) is 0 Å². The Kier molecular flexibility index (Phi) is 4.42.